The zero-order valence-corrected chi connectivity index (χ0v) is 6.50. The van der Waals surface area contributed by atoms with E-state index >= 15 is 0 Å². The van der Waals surface area contributed by atoms with E-state index in [1.54, 1.807) is 0 Å². The molecule has 0 aromatic rings. The van der Waals surface area contributed by atoms with Crippen LogP contribution >= 0.6 is 12.2 Å². The highest BCUT2D eigenvalue weighted by Crippen LogP contribution is 1.99. The van der Waals surface area contributed by atoms with Crippen LogP contribution in [0.5, 0.6) is 0 Å². The molecule has 50 valence electrons. The van der Waals surface area contributed by atoms with E-state index in [0.717, 1.165) is 12.8 Å². The van der Waals surface area contributed by atoms with Gasteiger partial charge in [0.2, 0.25) is 0 Å². The zero-order chi connectivity index (χ0) is 7.11. The molecule has 0 saturated carbocycles. The fourth-order valence-corrected chi connectivity index (χ4v) is 0.736. The van der Waals surface area contributed by atoms with Crippen molar-refractivity contribution in [3.8, 4) is 6.07 Å². The Hall–Kier alpha value is -0.420. The quantitative estimate of drug-likeness (QED) is 0.443. The molecule has 0 radical (unpaired) electrons. The zero-order valence-electron chi connectivity index (χ0n) is 5.68. The van der Waals surface area contributed by atoms with Gasteiger partial charge in [-0.2, -0.15) is 5.26 Å². The van der Waals surface area contributed by atoms with Crippen LogP contribution in [0.2, 0.25) is 0 Å². The molecule has 0 saturated heterocycles. The largest absolute Gasteiger partial charge is 0.192 e. The predicted molar refractivity (Wildman–Crippen MR) is 42.4 cm³/mol. The highest BCUT2D eigenvalue weighted by Gasteiger charge is 1.91. The van der Waals surface area contributed by atoms with Crippen molar-refractivity contribution in [1.82, 2.24) is 0 Å². The molecule has 0 aliphatic rings. The van der Waals surface area contributed by atoms with Crippen LogP contribution in [0.1, 0.15) is 32.6 Å². The topological polar surface area (TPSA) is 23.8 Å². The Kier molecular flexibility index (Phi) is 5.45. The molecule has 0 aliphatic heterocycles. The van der Waals surface area contributed by atoms with E-state index in [0.29, 0.717) is 4.86 Å². The van der Waals surface area contributed by atoms with Gasteiger partial charge < -0.3 is 0 Å². The number of nitriles is 1. The first kappa shape index (κ1) is 8.58. The summed E-state index contributed by atoms with van der Waals surface area (Å²) in [6.45, 7) is 2.13. The molecule has 0 bridgehead atoms. The average molecular weight is 141 g/mol. The molecule has 1 nitrogen and oxygen atoms in total. The Morgan fingerprint density at radius 2 is 2.22 bits per heavy atom. The van der Waals surface area contributed by atoms with Gasteiger partial charge in [-0.25, -0.2) is 0 Å². The number of hydrogen-bond donors (Lipinski definition) is 0. The van der Waals surface area contributed by atoms with Crippen molar-refractivity contribution < 1.29 is 0 Å². The summed E-state index contributed by atoms with van der Waals surface area (Å²) < 4.78 is 0. The van der Waals surface area contributed by atoms with Crippen LogP contribution in [0.4, 0.5) is 0 Å². The molecule has 0 aromatic heterocycles. The second-order valence-electron chi connectivity index (χ2n) is 1.99. The molecular formula is C7H11NS. The van der Waals surface area contributed by atoms with E-state index < -0.39 is 0 Å². The van der Waals surface area contributed by atoms with Gasteiger partial charge in [0.05, 0.1) is 4.86 Å². The van der Waals surface area contributed by atoms with Gasteiger partial charge in [-0.05, 0) is 12.8 Å². The lowest BCUT2D eigenvalue weighted by atomic mass is 10.2. The summed E-state index contributed by atoms with van der Waals surface area (Å²) >= 11 is 4.71. The number of thiocarbonyl (C=S) groups is 1. The summed E-state index contributed by atoms with van der Waals surface area (Å²) in [6.07, 6.45) is 4.25. The van der Waals surface area contributed by atoms with Gasteiger partial charge in [0.15, 0.2) is 0 Å². The monoisotopic (exact) mass is 141 g/mol. The molecule has 0 aliphatic carbocycles. The molecule has 9 heavy (non-hydrogen) atoms. The normalized spacial score (nSPS) is 8.44. The minimum atomic E-state index is 0.545. The van der Waals surface area contributed by atoms with Crippen LogP contribution < -0.4 is 0 Å². The minimum absolute atomic E-state index is 0.545. The summed E-state index contributed by atoms with van der Waals surface area (Å²) in [5.74, 6) is 0. The molecule has 0 fully saturated rings. The van der Waals surface area contributed by atoms with E-state index in [1.165, 1.54) is 12.8 Å². The maximum atomic E-state index is 8.24. The molecule has 0 spiro atoms. The third kappa shape index (κ3) is 5.45. The smallest absolute Gasteiger partial charge is 0.106 e. The predicted octanol–water partition coefficient (Wildman–Crippen LogP) is 2.46. The van der Waals surface area contributed by atoms with Crippen molar-refractivity contribution in [3.63, 3.8) is 0 Å². The number of unbranched alkanes of at least 4 members (excludes halogenated alkanes) is 2. The van der Waals surface area contributed by atoms with Gasteiger partial charge >= 0.3 is 0 Å². The first-order chi connectivity index (χ1) is 4.31. The van der Waals surface area contributed by atoms with E-state index in [-0.39, 0.29) is 0 Å². The van der Waals surface area contributed by atoms with Gasteiger partial charge in [-0.3, -0.25) is 0 Å². The Morgan fingerprint density at radius 1 is 1.56 bits per heavy atom. The van der Waals surface area contributed by atoms with Crippen molar-refractivity contribution >= 4 is 17.1 Å². The molecule has 0 aromatic carbocycles. The molecule has 0 rings (SSSR count). The summed E-state index contributed by atoms with van der Waals surface area (Å²) in [4.78, 5) is 0.545. The third-order valence-corrected chi connectivity index (χ3v) is 1.43. The molecule has 0 unspecified atom stereocenters. The van der Waals surface area contributed by atoms with Crippen molar-refractivity contribution in [3.05, 3.63) is 0 Å². The summed E-state index contributed by atoms with van der Waals surface area (Å²) in [7, 11) is 0. The number of hydrogen-bond acceptors (Lipinski definition) is 2. The van der Waals surface area contributed by atoms with Crippen molar-refractivity contribution in [2.45, 2.75) is 32.6 Å². The lowest BCUT2D eigenvalue weighted by Crippen LogP contribution is -1.87. The maximum absolute atomic E-state index is 8.24. The van der Waals surface area contributed by atoms with Gasteiger partial charge in [-0.1, -0.05) is 32.0 Å². The van der Waals surface area contributed by atoms with Crippen molar-refractivity contribution in [2.24, 2.45) is 0 Å². The first-order valence-electron chi connectivity index (χ1n) is 3.24. The van der Waals surface area contributed by atoms with Crippen LogP contribution in [-0.4, -0.2) is 4.86 Å². The maximum Gasteiger partial charge on any atom is 0.106 e. The number of nitrogens with zero attached hydrogens (tertiary/aromatic N) is 1. The van der Waals surface area contributed by atoms with Gasteiger partial charge in [-0.15, -0.1) is 0 Å². The van der Waals surface area contributed by atoms with Crippen molar-refractivity contribution in [2.75, 3.05) is 0 Å². The van der Waals surface area contributed by atoms with E-state index in [2.05, 4.69) is 6.92 Å². The molecule has 0 N–H and O–H groups in total. The highest BCUT2D eigenvalue weighted by atomic mass is 32.1. The van der Waals surface area contributed by atoms with Crippen LogP contribution in [-0.2, 0) is 0 Å². The van der Waals surface area contributed by atoms with Crippen LogP contribution in [0.25, 0.3) is 0 Å². The average Bonchev–Trinajstić information content (AvgIpc) is 1.89. The van der Waals surface area contributed by atoms with Gasteiger partial charge in [0, 0.05) is 0 Å². The molecule has 0 atom stereocenters. The molecule has 0 heterocycles. The first-order valence-corrected chi connectivity index (χ1v) is 3.65. The Labute approximate surface area is 61.7 Å². The van der Waals surface area contributed by atoms with Gasteiger partial charge in [0.1, 0.15) is 6.07 Å². The fraction of sp³-hybridized carbons (Fsp3) is 0.714. The van der Waals surface area contributed by atoms with Crippen LogP contribution in [0.15, 0.2) is 0 Å². The second kappa shape index (κ2) is 5.71. The lowest BCUT2D eigenvalue weighted by molar-refractivity contribution is 0.746. The highest BCUT2D eigenvalue weighted by molar-refractivity contribution is 7.80. The van der Waals surface area contributed by atoms with E-state index in [4.69, 9.17) is 17.5 Å². The number of rotatable bonds is 4. The Balaban J connectivity index is 3.10. The minimum Gasteiger partial charge on any atom is -0.192 e. The third-order valence-electron chi connectivity index (χ3n) is 1.13. The lowest BCUT2D eigenvalue weighted by Gasteiger charge is -1.91. The Bertz CT molecular complexity index is 123. The standard InChI is InChI=1S/C7H11NS/c1-2-3-4-5-7(9)6-8/h2-5H2,1H3. The van der Waals surface area contributed by atoms with E-state index in [9.17, 15) is 0 Å². The molecule has 0 amide bonds. The summed E-state index contributed by atoms with van der Waals surface area (Å²) in [5.41, 5.74) is 0. The van der Waals surface area contributed by atoms with Crippen LogP contribution in [0, 0.1) is 11.3 Å². The summed E-state index contributed by atoms with van der Waals surface area (Å²) in [5, 5.41) is 8.24. The van der Waals surface area contributed by atoms with Gasteiger partial charge in [0.25, 0.3) is 0 Å². The van der Waals surface area contributed by atoms with Crippen molar-refractivity contribution in [1.29, 1.82) is 5.26 Å². The Morgan fingerprint density at radius 3 is 2.67 bits per heavy atom. The van der Waals surface area contributed by atoms with Crippen LogP contribution in [0.3, 0.4) is 0 Å². The summed E-state index contributed by atoms with van der Waals surface area (Å²) in [6, 6.07) is 1.96. The second-order valence-corrected chi connectivity index (χ2v) is 2.48. The fourth-order valence-electron chi connectivity index (χ4n) is 0.591. The SMILES string of the molecule is CCCCCC(=S)C#N. The molecular weight excluding hydrogens is 130 g/mol. The van der Waals surface area contributed by atoms with E-state index in [1.807, 2.05) is 6.07 Å². The molecule has 2 heteroatoms.